The van der Waals surface area contributed by atoms with Crippen LogP contribution >= 0.6 is 0 Å². The van der Waals surface area contributed by atoms with Crippen molar-refractivity contribution in [3.05, 3.63) is 95.6 Å². The fourth-order valence-corrected chi connectivity index (χ4v) is 3.15. The minimum Gasteiger partial charge on any atom is -0.497 e. The SMILES string of the molecule is COc1ccc(CCN[C@H](C(=O)Nc2cccc(C(F)(F)F)c2)c2ccccc2)cc1. The zero-order chi connectivity index (χ0) is 22.3. The smallest absolute Gasteiger partial charge is 0.416 e. The molecule has 0 bridgehead atoms. The van der Waals surface area contributed by atoms with E-state index in [0.717, 1.165) is 29.0 Å². The maximum Gasteiger partial charge on any atom is 0.416 e. The number of nitrogens with one attached hydrogen (secondary N) is 2. The molecule has 7 heteroatoms. The standard InChI is InChI=1S/C24H23F3N2O2/c1-31-21-12-10-17(11-13-21)14-15-28-22(18-6-3-2-4-7-18)23(30)29-20-9-5-8-19(16-20)24(25,26)27/h2-13,16,22,28H,14-15H2,1H3,(H,29,30)/t22-/m0/s1. The normalized spacial score (nSPS) is 12.3. The first kappa shape index (κ1) is 22.4. The van der Waals surface area contributed by atoms with Crippen LogP contribution in [0.2, 0.25) is 0 Å². The maximum absolute atomic E-state index is 13.0. The highest BCUT2D eigenvalue weighted by atomic mass is 19.4. The molecule has 0 unspecified atom stereocenters. The van der Waals surface area contributed by atoms with Crippen molar-refractivity contribution in [2.45, 2.75) is 18.6 Å². The van der Waals surface area contributed by atoms with Gasteiger partial charge in [-0.05, 0) is 47.9 Å². The molecule has 0 heterocycles. The predicted octanol–water partition coefficient (Wildman–Crippen LogP) is 5.23. The van der Waals surface area contributed by atoms with E-state index in [1.807, 2.05) is 42.5 Å². The third-order valence-corrected chi connectivity index (χ3v) is 4.77. The number of carbonyl (C=O) groups is 1. The number of halogens is 3. The molecule has 1 amide bonds. The highest BCUT2D eigenvalue weighted by Crippen LogP contribution is 2.31. The molecule has 3 aromatic carbocycles. The molecule has 0 aromatic heterocycles. The number of rotatable bonds is 8. The van der Waals surface area contributed by atoms with Crippen LogP contribution in [0.1, 0.15) is 22.7 Å². The molecule has 0 saturated heterocycles. The van der Waals surface area contributed by atoms with Gasteiger partial charge in [0, 0.05) is 12.2 Å². The Labute approximate surface area is 179 Å². The molecule has 2 N–H and O–H groups in total. The van der Waals surface area contributed by atoms with E-state index in [2.05, 4.69) is 10.6 Å². The number of benzene rings is 3. The van der Waals surface area contributed by atoms with Crippen LogP contribution in [0.5, 0.6) is 5.75 Å². The van der Waals surface area contributed by atoms with Crippen molar-refractivity contribution in [2.24, 2.45) is 0 Å². The molecule has 0 radical (unpaired) electrons. The Morgan fingerprint density at radius 2 is 1.68 bits per heavy atom. The van der Waals surface area contributed by atoms with Crippen molar-refractivity contribution in [2.75, 3.05) is 19.0 Å². The van der Waals surface area contributed by atoms with Crippen molar-refractivity contribution >= 4 is 11.6 Å². The highest BCUT2D eigenvalue weighted by Gasteiger charge is 2.30. The first-order valence-electron chi connectivity index (χ1n) is 9.76. The second-order valence-corrected chi connectivity index (χ2v) is 6.96. The molecular weight excluding hydrogens is 405 g/mol. The van der Waals surface area contributed by atoms with Gasteiger partial charge in [0.2, 0.25) is 5.91 Å². The quantitative estimate of drug-likeness (QED) is 0.517. The summed E-state index contributed by atoms with van der Waals surface area (Å²) in [5.41, 5.74) is 1.08. The zero-order valence-electron chi connectivity index (χ0n) is 16.9. The van der Waals surface area contributed by atoms with Gasteiger partial charge in [0.25, 0.3) is 0 Å². The minimum absolute atomic E-state index is 0.0951. The number of alkyl halides is 3. The van der Waals surface area contributed by atoms with E-state index in [4.69, 9.17) is 4.74 Å². The third-order valence-electron chi connectivity index (χ3n) is 4.77. The summed E-state index contributed by atoms with van der Waals surface area (Å²) < 4.78 is 44.1. The second kappa shape index (κ2) is 10.1. The summed E-state index contributed by atoms with van der Waals surface area (Å²) in [7, 11) is 1.60. The van der Waals surface area contributed by atoms with E-state index < -0.39 is 23.7 Å². The molecule has 162 valence electrons. The summed E-state index contributed by atoms with van der Waals surface area (Å²) in [6.07, 6.45) is -3.81. The van der Waals surface area contributed by atoms with Gasteiger partial charge in [-0.25, -0.2) is 0 Å². The van der Waals surface area contributed by atoms with E-state index in [9.17, 15) is 18.0 Å². The highest BCUT2D eigenvalue weighted by molar-refractivity contribution is 5.95. The zero-order valence-corrected chi connectivity index (χ0v) is 16.9. The lowest BCUT2D eigenvalue weighted by molar-refractivity contribution is -0.137. The summed E-state index contributed by atoms with van der Waals surface area (Å²) in [6.45, 7) is 0.502. The lowest BCUT2D eigenvalue weighted by Gasteiger charge is -2.19. The van der Waals surface area contributed by atoms with Gasteiger partial charge in [-0.3, -0.25) is 4.79 Å². The number of hydrogen-bond donors (Lipinski definition) is 2. The van der Waals surface area contributed by atoms with Gasteiger partial charge in [0.05, 0.1) is 12.7 Å². The number of hydrogen-bond acceptors (Lipinski definition) is 3. The van der Waals surface area contributed by atoms with Crippen LogP contribution < -0.4 is 15.4 Å². The lowest BCUT2D eigenvalue weighted by Crippen LogP contribution is -2.34. The molecule has 3 aromatic rings. The van der Waals surface area contributed by atoms with Crippen LogP contribution in [-0.4, -0.2) is 19.6 Å². The topological polar surface area (TPSA) is 50.4 Å². The molecule has 3 rings (SSSR count). The summed E-state index contributed by atoms with van der Waals surface area (Å²) in [6, 6.07) is 20.6. The van der Waals surface area contributed by atoms with E-state index in [0.29, 0.717) is 13.0 Å². The molecule has 4 nitrogen and oxygen atoms in total. The molecule has 0 fully saturated rings. The summed E-state index contributed by atoms with van der Waals surface area (Å²) in [5, 5.41) is 5.81. The van der Waals surface area contributed by atoms with Gasteiger partial charge in [0.15, 0.2) is 0 Å². The van der Waals surface area contributed by atoms with Crippen LogP contribution in [0.3, 0.4) is 0 Å². The largest absolute Gasteiger partial charge is 0.497 e. The van der Waals surface area contributed by atoms with E-state index >= 15 is 0 Å². The molecular formula is C24H23F3N2O2. The molecule has 0 aliphatic carbocycles. The van der Waals surface area contributed by atoms with E-state index in [1.54, 1.807) is 19.2 Å². The predicted molar refractivity (Wildman–Crippen MR) is 114 cm³/mol. The van der Waals surface area contributed by atoms with Crippen molar-refractivity contribution in [1.82, 2.24) is 5.32 Å². The molecule has 0 aliphatic rings. The monoisotopic (exact) mass is 428 g/mol. The van der Waals surface area contributed by atoms with E-state index in [-0.39, 0.29) is 5.69 Å². The number of amides is 1. The van der Waals surface area contributed by atoms with Gasteiger partial charge < -0.3 is 15.4 Å². The van der Waals surface area contributed by atoms with Gasteiger partial charge in [-0.1, -0.05) is 48.5 Å². The van der Waals surface area contributed by atoms with Crippen molar-refractivity contribution in [1.29, 1.82) is 0 Å². The fraction of sp³-hybridized carbons (Fsp3) is 0.208. The molecule has 0 aliphatic heterocycles. The Morgan fingerprint density at radius 1 is 0.968 bits per heavy atom. The van der Waals surface area contributed by atoms with Crippen LogP contribution in [0.4, 0.5) is 18.9 Å². The summed E-state index contributed by atoms with van der Waals surface area (Å²) in [4.78, 5) is 12.9. The average Bonchev–Trinajstić information content (AvgIpc) is 2.77. The van der Waals surface area contributed by atoms with Crippen molar-refractivity contribution in [3.8, 4) is 5.75 Å². The van der Waals surface area contributed by atoms with Gasteiger partial charge in [-0.15, -0.1) is 0 Å². The van der Waals surface area contributed by atoms with Crippen molar-refractivity contribution in [3.63, 3.8) is 0 Å². The Kier molecular flexibility index (Phi) is 7.31. The van der Waals surface area contributed by atoms with Crippen LogP contribution in [-0.2, 0) is 17.4 Å². The Balaban J connectivity index is 1.70. The first-order chi connectivity index (χ1) is 14.9. The number of methoxy groups -OCH3 is 1. The summed E-state index contributed by atoms with van der Waals surface area (Å²) in [5.74, 6) is 0.333. The fourth-order valence-electron chi connectivity index (χ4n) is 3.15. The number of carbonyl (C=O) groups excluding carboxylic acids is 1. The summed E-state index contributed by atoms with van der Waals surface area (Å²) >= 11 is 0. The van der Waals surface area contributed by atoms with Gasteiger partial charge in [-0.2, -0.15) is 13.2 Å². The van der Waals surface area contributed by atoms with Crippen LogP contribution in [0.25, 0.3) is 0 Å². The lowest BCUT2D eigenvalue weighted by atomic mass is 10.0. The van der Waals surface area contributed by atoms with Gasteiger partial charge in [0.1, 0.15) is 11.8 Å². The third kappa shape index (κ3) is 6.33. The Hall–Kier alpha value is -3.32. The molecule has 0 spiro atoms. The van der Waals surface area contributed by atoms with Gasteiger partial charge >= 0.3 is 6.18 Å². The number of anilines is 1. The molecule has 31 heavy (non-hydrogen) atoms. The molecule has 0 saturated carbocycles. The Morgan fingerprint density at radius 3 is 2.32 bits per heavy atom. The minimum atomic E-state index is -4.48. The maximum atomic E-state index is 13.0. The van der Waals surface area contributed by atoms with Crippen molar-refractivity contribution < 1.29 is 22.7 Å². The van der Waals surface area contributed by atoms with Crippen LogP contribution in [0.15, 0.2) is 78.9 Å². The second-order valence-electron chi connectivity index (χ2n) is 6.96. The van der Waals surface area contributed by atoms with Crippen LogP contribution in [0, 0.1) is 0 Å². The Bertz CT molecular complexity index is 990. The first-order valence-corrected chi connectivity index (χ1v) is 9.76. The average molecular weight is 428 g/mol. The molecule has 1 atom stereocenters. The number of ether oxygens (including phenoxy) is 1. The van der Waals surface area contributed by atoms with E-state index in [1.165, 1.54) is 12.1 Å².